The van der Waals surface area contributed by atoms with Crippen LogP contribution in [0.5, 0.6) is 0 Å². The number of amides is 1. The summed E-state index contributed by atoms with van der Waals surface area (Å²) in [6, 6.07) is 9.18. The number of fused-ring (bicyclic) bond motifs is 1. The highest BCUT2D eigenvalue weighted by Gasteiger charge is 2.08. The minimum absolute atomic E-state index is 0. The molecule has 0 aliphatic rings. The number of pyridine rings is 1. The summed E-state index contributed by atoms with van der Waals surface area (Å²) in [6.45, 7) is 0. The fourth-order valence-corrected chi connectivity index (χ4v) is 1.93. The monoisotopic (exact) mass is 288 g/mol. The van der Waals surface area contributed by atoms with Gasteiger partial charge in [-0.3, -0.25) is 9.78 Å². The molecule has 102 valence electrons. The molecule has 0 aliphatic carbocycles. The molecule has 2 heterocycles. The molecular formula is C14H13ClN4O. The molecule has 20 heavy (non-hydrogen) atoms. The van der Waals surface area contributed by atoms with Crippen molar-refractivity contribution in [2.75, 3.05) is 7.05 Å². The molecule has 0 aliphatic heterocycles. The number of carbonyl (C=O) groups excluding carboxylic acids is 1. The minimum Gasteiger partial charge on any atom is -0.355 e. The van der Waals surface area contributed by atoms with Crippen molar-refractivity contribution in [3.63, 3.8) is 0 Å². The molecule has 0 bridgehead atoms. The number of halogens is 1. The van der Waals surface area contributed by atoms with E-state index in [1.807, 2.05) is 18.2 Å². The normalized spacial score (nSPS) is 10.1. The Hall–Kier alpha value is -2.40. The Kier molecular flexibility index (Phi) is 4.00. The molecule has 1 amide bonds. The Balaban J connectivity index is 0.00000147. The van der Waals surface area contributed by atoms with Crippen LogP contribution in [0, 0.1) is 0 Å². The molecule has 3 rings (SSSR count). The van der Waals surface area contributed by atoms with Gasteiger partial charge in [-0.25, -0.2) is 4.98 Å². The van der Waals surface area contributed by atoms with E-state index < -0.39 is 0 Å². The molecule has 5 nitrogen and oxygen atoms in total. The largest absolute Gasteiger partial charge is 0.355 e. The number of hydrogen-bond donors (Lipinski definition) is 2. The molecule has 0 atom stereocenters. The fourth-order valence-electron chi connectivity index (χ4n) is 1.93. The maximum absolute atomic E-state index is 11.6. The maximum Gasteiger partial charge on any atom is 0.251 e. The number of aromatic nitrogens is 3. The zero-order valence-corrected chi connectivity index (χ0v) is 11.6. The van der Waals surface area contributed by atoms with E-state index in [4.69, 9.17) is 0 Å². The number of rotatable bonds is 2. The lowest BCUT2D eigenvalue weighted by molar-refractivity contribution is 0.0963. The molecule has 0 unspecified atom stereocenters. The van der Waals surface area contributed by atoms with E-state index in [2.05, 4.69) is 20.3 Å². The van der Waals surface area contributed by atoms with Crippen molar-refractivity contribution in [2.45, 2.75) is 0 Å². The summed E-state index contributed by atoms with van der Waals surface area (Å²) in [5, 5.41) is 2.60. The van der Waals surface area contributed by atoms with Crippen LogP contribution >= 0.6 is 12.4 Å². The number of nitrogens with zero attached hydrogens (tertiary/aromatic N) is 2. The first-order valence-corrected chi connectivity index (χ1v) is 5.90. The third-order valence-electron chi connectivity index (χ3n) is 2.91. The van der Waals surface area contributed by atoms with Crippen molar-refractivity contribution in [3.05, 3.63) is 48.3 Å². The average molecular weight is 289 g/mol. The Morgan fingerprint density at radius 2 is 2.15 bits per heavy atom. The molecule has 2 N–H and O–H groups in total. The minimum atomic E-state index is -0.112. The van der Waals surface area contributed by atoms with Gasteiger partial charge in [-0.15, -0.1) is 12.4 Å². The van der Waals surface area contributed by atoms with Gasteiger partial charge in [0.2, 0.25) is 0 Å². The van der Waals surface area contributed by atoms with E-state index in [0.29, 0.717) is 5.56 Å². The summed E-state index contributed by atoms with van der Waals surface area (Å²) < 4.78 is 0. The molecule has 0 saturated carbocycles. The average Bonchev–Trinajstić information content (AvgIpc) is 2.90. The summed E-state index contributed by atoms with van der Waals surface area (Å²) in [6.07, 6.45) is 3.47. The number of benzene rings is 1. The first-order chi connectivity index (χ1) is 9.28. The van der Waals surface area contributed by atoms with Crippen LogP contribution in [0.1, 0.15) is 10.4 Å². The van der Waals surface area contributed by atoms with Gasteiger partial charge in [-0.2, -0.15) is 0 Å². The van der Waals surface area contributed by atoms with Crippen molar-refractivity contribution >= 4 is 29.3 Å². The van der Waals surface area contributed by atoms with Gasteiger partial charge < -0.3 is 10.3 Å². The molecule has 2 aromatic heterocycles. The highest BCUT2D eigenvalue weighted by atomic mass is 35.5. The van der Waals surface area contributed by atoms with Crippen LogP contribution < -0.4 is 5.32 Å². The Morgan fingerprint density at radius 1 is 1.30 bits per heavy atom. The smallest absolute Gasteiger partial charge is 0.251 e. The second-order valence-electron chi connectivity index (χ2n) is 4.14. The standard InChI is InChI=1S/C14H12N4O.ClH/c1-15-14(19)9-4-5-11-12(7-9)18-13(17-11)10-3-2-6-16-8-10;/h2-8H,1H3,(H,15,19)(H,17,18);1H. The molecule has 3 aromatic rings. The number of nitrogens with one attached hydrogen (secondary N) is 2. The van der Waals surface area contributed by atoms with Gasteiger partial charge in [0.05, 0.1) is 11.0 Å². The third kappa shape index (κ3) is 2.48. The highest BCUT2D eigenvalue weighted by Crippen LogP contribution is 2.20. The first-order valence-electron chi connectivity index (χ1n) is 5.90. The quantitative estimate of drug-likeness (QED) is 0.761. The molecule has 1 aromatic carbocycles. The number of imidazole rings is 1. The van der Waals surface area contributed by atoms with Crippen molar-refractivity contribution in [3.8, 4) is 11.4 Å². The van der Waals surface area contributed by atoms with E-state index >= 15 is 0 Å². The van der Waals surface area contributed by atoms with Gasteiger partial charge in [0.25, 0.3) is 5.91 Å². The van der Waals surface area contributed by atoms with E-state index in [0.717, 1.165) is 22.4 Å². The van der Waals surface area contributed by atoms with Gasteiger partial charge in [0, 0.05) is 30.6 Å². The lowest BCUT2D eigenvalue weighted by atomic mass is 10.2. The van der Waals surface area contributed by atoms with Crippen LogP contribution in [0.2, 0.25) is 0 Å². The van der Waals surface area contributed by atoms with Crippen LogP contribution in [0.15, 0.2) is 42.7 Å². The number of aromatic amines is 1. The SMILES string of the molecule is CNC(=O)c1ccc2nc(-c3cccnc3)[nH]c2c1.Cl. The lowest BCUT2D eigenvalue weighted by Crippen LogP contribution is -2.17. The molecular weight excluding hydrogens is 276 g/mol. The summed E-state index contributed by atoms with van der Waals surface area (Å²) in [5.41, 5.74) is 3.18. The summed E-state index contributed by atoms with van der Waals surface area (Å²) >= 11 is 0. The van der Waals surface area contributed by atoms with Crippen molar-refractivity contribution in [2.24, 2.45) is 0 Å². The summed E-state index contributed by atoms with van der Waals surface area (Å²) in [4.78, 5) is 23.3. The van der Waals surface area contributed by atoms with Gasteiger partial charge in [-0.05, 0) is 30.3 Å². The van der Waals surface area contributed by atoms with Gasteiger partial charge in [-0.1, -0.05) is 0 Å². The summed E-state index contributed by atoms with van der Waals surface area (Å²) in [7, 11) is 1.61. The van der Waals surface area contributed by atoms with Crippen LogP contribution in [0.25, 0.3) is 22.4 Å². The predicted molar refractivity (Wildman–Crippen MR) is 80.0 cm³/mol. The van der Waals surface area contributed by atoms with Crippen molar-refractivity contribution in [1.82, 2.24) is 20.3 Å². The van der Waals surface area contributed by atoms with Crippen LogP contribution in [-0.4, -0.2) is 27.9 Å². The maximum atomic E-state index is 11.6. The van der Waals surface area contributed by atoms with Crippen molar-refractivity contribution in [1.29, 1.82) is 0 Å². The fraction of sp³-hybridized carbons (Fsp3) is 0.0714. The van der Waals surface area contributed by atoms with Crippen LogP contribution in [-0.2, 0) is 0 Å². The topological polar surface area (TPSA) is 70.7 Å². The molecule has 0 saturated heterocycles. The predicted octanol–water partition coefficient (Wildman–Crippen LogP) is 2.41. The van der Waals surface area contributed by atoms with Crippen LogP contribution in [0.3, 0.4) is 0 Å². The Bertz CT molecular complexity index is 739. The van der Waals surface area contributed by atoms with Crippen molar-refractivity contribution < 1.29 is 4.79 Å². The van der Waals surface area contributed by atoms with Crippen LogP contribution in [0.4, 0.5) is 0 Å². The Morgan fingerprint density at radius 3 is 2.85 bits per heavy atom. The number of hydrogen-bond acceptors (Lipinski definition) is 3. The molecule has 0 radical (unpaired) electrons. The molecule has 0 spiro atoms. The number of H-pyrrole nitrogens is 1. The van der Waals surface area contributed by atoms with Gasteiger partial charge in [0.1, 0.15) is 5.82 Å². The summed E-state index contributed by atoms with van der Waals surface area (Å²) in [5.74, 6) is 0.636. The second kappa shape index (κ2) is 5.71. The van der Waals surface area contributed by atoms with E-state index in [-0.39, 0.29) is 18.3 Å². The zero-order valence-electron chi connectivity index (χ0n) is 10.8. The lowest BCUT2D eigenvalue weighted by Gasteiger charge is -1.98. The van der Waals surface area contributed by atoms with Gasteiger partial charge in [0.15, 0.2) is 0 Å². The number of carbonyl (C=O) groups is 1. The second-order valence-corrected chi connectivity index (χ2v) is 4.14. The first kappa shape index (κ1) is 14.0. The van der Waals surface area contributed by atoms with E-state index in [1.54, 1.807) is 31.6 Å². The van der Waals surface area contributed by atoms with Gasteiger partial charge >= 0.3 is 0 Å². The third-order valence-corrected chi connectivity index (χ3v) is 2.91. The Labute approximate surface area is 121 Å². The van der Waals surface area contributed by atoms with E-state index in [9.17, 15) is 4.79 Å². The molecule has 6 heteroatoms. The van der Waals surface area contributed by atoms with E-state index in [1.165, 1.54) is 0 Å². The highest BCUT2D eigenvalue weighted by molar-refractivity contribution is 5.97. The zero-order chi connectivity index (χ0) is 13.2. The molecule has 0 fully saturated rings.